The normalized spacial score (nSPS) is 20.3. The van der Waals surface area contributed by atoms with Crippen LogP contribution in [0.2, 0.25) is 0 Å². The molecule has 0 radical (unpaired) electrons. The van der Waals surface area contributed by atoms with Gasteiger partial charge < -0.3 is 15.4 Å². The number of benzene rings is 1. The van der Waals surface area contributed by atoms with Crippen LogP contribution in [0.25, 0.3) is 0 Å². The Morgan fingerprint density at radius 2 is 2.00 bits per heavy atom. The summed E-state index contributed by atoms with van der Waals surface area (Å²) in [6, 6.07) is 7.86. The van der Waals surface area contributed by atoms with E-state index in [0.717, 1.165) is 17.7 Å². The van der Waals surface area contributed by atoms with E-state index in [1.165, 1.54) is 32.1 Å². The molecule has 2 amide bonds. The fraction of sp³-hybridized carbons (Fsp3) is 0.619. The maximum atomic E-state index is 12.2. The van der Waals surface area contributed by atoms with Gasteiger partial charge >= 0.3 is 0 Å². The van der Waals surface area contributed by atoms with Crippen LogP contribution in [0.15, 0.2) is 24.3 Å². The van der Waals surface area contributed by atoms with E-state index < -0.39 is 0 Å². The van der Waals surface area contributed by atoms with Crippen molar-refractivity contribution in [3.8, 4) is 0 Å². The Labute approximate surface area is 155 Å². The lowest BCUT2D eigenvalue weighted by Crippen LogP contribution is -2.32. The largest absolute Gasteiger partial charge is 0.378 e. The van der Waals surface area contributed by atoms with E-state index in [-0.39, 0.29) is 17.7 Å². The highest BCUT2D eigenvalue weighted by molar-refractivity contribution is 5.96. The minimum atomic E-state index is -0.120. The van der Waals surface area contributed by atoms with Crippen LogP contribution in [0.5, 0.6) is 0 Å². The number of ether oxygens (including phenoxy) is 1. The Morgan fingerprint density at radius 1 is 1.19 bits per heavy atom. The molecule has 0 bridgehead atoms. The van der Waals surface area contributed by atoms with E-state index >= 15 is 0 Å². The third-order valence-electron chi connectivity index (χ3n) is 5.38. The molecule has 2 aliphatic rings. The van der Waals surface area contributed by atoms with Gasteiger partial charge in [-0.05, 0) is 43.7 Å². The SMILES string of the molecule is O=C(CCC1Cc2ccccc2NC1=O)NCCCOC1CCCCC1. The zero-order valence-corrected chi connectivity index (χ0v) is 15.5. The third kappa shape index (κ3) is 5.56. The van der Waals surface area contributed by atoms with Crippen molar-refractivity contribution in [1.82, 2.24) is 5.32 Å². The first kappa shape index (κ1) is 18.9. The van der Waals surface area contributed by atoms with Gasteiger partial charge in [0.05, 0.1) is 6.10 Å². The quantitative estimate of drug-likeness (QED) is 0.700. The first-order chi connectivity index (χ1) is 12.7. The average molecular weight is 358 g/mol. The van der Waals surface area contributed by atoms with Crippen molar-refractivity contribution >= 4 is 17.5 Å². The lowest BCUT2D eigenvalue weighted by atomic mass is 9.89. The predicted molar refractivity (Wildman–Crippen MR) is 102 cm³/mol. The second-order valence-corrected chi connectivity index (χ2v) is 7.42. The monoisotopic (exact) mass is 358 g/mol. The highest BCUT2D eigenvalue weighted by Gasteiger charge is 2.26. The van der Waals surface area contributed by atoms with Crippen LogP contribution in [0.4, 0.5) is 5.69 Å². The molecular weight excluding hydrogens is 328 g/mol. The Bertz CT molecular complexity index is 611. The summed E-state index contributed by atoms with van der Waals surface area (Å²) in [5, 5.41) is 5.88. The van der Waals surface area contributed by atoms with E-state index in [2.05, 4.69) is 10.6 Å². The van der Waals surface area contributed by atoms with Crippen LogP contribution in [0.3, 0.4) is 0 Å². The van der Waals surface area contributed by atoms with Crippen LogP contribution >= 0.6 is 0 Å². The molecule has 3 rings (SSSR count). The molecule has 0 saturated heterocycles. The molecule has 2 N–H and O–H groups in total. The van der Waals surface area contributed by atoms with Gasteiger partial charge in [-0.15, -0.1) is 0 Å². The van der Waals surface area contributed by atoms with Crippen LogP contribution < -0.4 is 10.6 Å². The van der Waals surface area contributed by atoms with E-state index in [4.69, 9.17) is 4.74 Å². The van der Waals surface area contributed by atoms with Gasteiger partial charge in [-0.2, -0.15) is 0 Å². The number of carbonyl (C=O) groups excluding carboxylic acids is 2. The Kier molecular flexibility index (Phi) is 7.06. The molecule has 1 fully saturated rings. The molecule has 1 unspecified atom stereocenters. The number of rotatable bonds is 8. The van der Waals surface area contributed by atoms with Crippen molar-refractivity contribution in [1.29, 1.82) is 0 Å². The minimum absolute atomic E-state index is 0.0225. The van der Waals surface area contributed by atoms with Crippen molar-refractivity contribution in [2.24, 2.45) is 5.92 Å². The number of fused-ring (bicyclic) bond motifs is 1. The molecule has 1 aliphatic carbocycles. The fourth-order valence-electron chi connectivity index (χ4n) is 3.82. The lowest BCUT2D eigenvalue weighted by Gasteiger charge is -2.24. The Hall–Kier alpha value is -1.88. The van der Waals surface area contributed by atoms with Crippen molar-refractivity contribution in [3.05, 3.63) is 29.8 Å². The Balaban J connectivity index is 1.29. The van der Waals surface area contributed by atoms with Gasteiger partial charge in [0.2, 0.25) is 11.8 Å². The van der Waals surface area contributed by atoms with Gasteiger partial charge in [0.1, 0.15) is 0 Å². The highest BCUT2D eigenvalue weighted by Crippen LogP contribution is 2.27. The van der Waals surface area contributed by atoms with Gasteiger partial charge in [-0.1, -0.05) is 37.5 Å². The zero-order valence-electron chi connectivity index (χ0n) is 15.5. The second-order valence-electron chi connectivity index (χ2n) is 7.42. The number of nitrogens with one attached hydrogen (secondary N) is 2. The number of carbonyl (C=O) groups is 2. The summed E-state index contributed by atoms with van der Waals surface area (Å²) in [5.74, 6) is -0.0722. The molecule has 5 heteroatoms. The van der Waals surface area contributed by atoms with Crippen LogP contribution in [-0.2, 0) is 20.7 Å². The topological polar surface area (TPSA) is 67.4 Å². The number of hydrogen-bond acceptors (Lipinski definition) is 3. The minimum Gasteiger partial charge on any atom is -0.378 e. The zero-order chi connectivity index (χ0) is 18.2. The maximum Gasteiger partial charge on any atom is 0.227 e. The molecule has 26 heavy (non-hydrogen) atoms. The molecule has 5 nitrogen and oxygen atoms in total. The van der Waals surface area contributed by atoms with Crippen LogP contribution in [0.1, 0.15) is 56.9 Å². The van der Waals surface area contributed by atoms with E-state index in [9.17, 15) is 9.59 Å². The van der Waals surface area contributed by atoms with Crippen molar-refractivity contribution < 1.29 is 14.3 Å². The summed E-state index contributed by atoms with van der Waals surface area (Å²) >= 11 is 0. The standard InChI is InChI=1S/C21H30N2O3/c24-20(22-13-6-14-26-18-8-2-1-3-9-18)12-11-17-15-16-7-4-5-10-19(16)23-21(17)25/h4-5,7,10,17-18H,1-3,6,8-9,11-15H2,(H,22,24)(H,23,25). The summed E-state index contributed by atoms with van der Waals surface area (Å²) in [7, 11) is 0. The second kappa shape index (κ2) is 9.72. The molecule has 142 valence electrons. The molecule has 0 aromatic heterocycles. The van der Waals surface area contributed by atoms with Crippen LogP contribution in [-0.4, -0.2) is 31.1 Å². The molecule has 1 aromatic rings. The summed E-state index contributed by atoms with van der Waals surface area (Å²) in [4.78, 5) is 24.2. The summed E-state index contributed by atoms with van der Waals surface area (Å²) < 4.78 is 5.86. The summed E-state index contributed by atoms with van der Waals surface area (Å²) in [6.45, 7) is 1.36. The molecule has 1 aromatic carbocycles. The van der Waals surface area contributed by atoms with Crippen molar-refractivity contribution in [2.45, 2.75) is 63.9 Å². The third-order valence-corrected chi connectivity index (χ3v) is 5.38. The van der Waals surface area contributed by atoms with Gasteiger partial charge in [-0.25, -0.2) is 0 Å². The number of anilines is 1. The maximum absolute atomic E-state index is 12.2. The van der Waals surface area contributed by atoms with Gasteiger partial charge in [0.15, 0.2) is 0 Å². The highest BCUT2D eigenvalue weighted by atomic mass is 16.5. The lowest BCUT2D eigenvalue weighted by molar-refractivity contribution is -0.122. The van der Waals surface area contributed by atoms with Crippen molar-refractivity contribution in [3.63, 3.8) is 0 Å². The summed E-state index contributed by atoms with van der Waals surface area (Å²) in [6.07, 6.45) is 9.21. The van der Waals surface area contributed by atoms with Gasteiger partial charge in [0.25, 0.3) is 0 Å². The molecule has 0 spiro atoms. The molecule has 1 aliphatic heterocycles. The van der Waals surface area contributed by atoms with Crippen molar-refractivity contribution in [2.75, 3.05) is 18.5 Å². The number of amides is 2. The van der Waals surface area contributed by atoms with Gasteiger partial charge in [0, 0.05) is 31.2 Å². The fourth-order valence-corrected chi connectivity index (χ4v) is 3.82. The molecular formula is C21H30N2O3. The van der Waals surface area contributed by atoms with E-state index in [1.807, 2.05) is 24.3 Å². The van der Waals surface area contributed by atoms with Crippen LogP contribution in [0, 0.1) is 5.92 Å². The average Bonchev–Trinajstić information content (AvgIpc) is 2.67. The molecule has 1 atom stereocenters. The van der Waals surface area contributed by atoms with E-state index in [1.54, 1.807) is 0 Å². The first-order valence-corrected chi connectivity index (χ1v) is 9.99. The van der Waals surface area contributed by atoms with E-state index in [0.29, 0.717) is 38.5 Å². The first-order valence-electron chi connectivity index (χ1n) is 9.99. The molecule has 1 heterocycles. The summed E-state index contributed by atoms with van der Waals surface area (Å²) in [5.41, 5.74) is 2.05. The Morgan fingerprint density at radius 3 is 2.85 bits per heavy atom. The smallest absolute Gasteiger partial charge is 0.227 e. The molecule has 1 saturated carbocycles. The number of hydrogen-bond donors (Lipinski definition) is 2. The predicted octanol–water partition coefficient (Wildman–Crippen LogP) is 3.43. The number of para-hydroxylation sites is 1. The van der Waals surface area contributed by atoms with Gasteiger partial charge in [-0.3, -0.25) is 9.59 Å².